The van der Waals surface area contributed by atoms with E-state index in [9.17, 15) is 13.2 Å². The molecule has 11 heteroatoms. The van der Waals surface area contributed by atoms with E-state index in [1.165, 1.54) is 19.2 Å². The van der Waals surface area contributed by atoms with Gasteiger partial charge in [0.05, 0.1) is 31.3 Å². The fourth-order valence-corrected chi connectivity index (χ4v) is 5.51. The van der Waals surface area contributed by atoms with Crippen molar-refractivity contribution in [2.75, 3.05) is 45.8 Å². The fraction of sp³-hybridized carbons (Fsp3) is 0.500. The molecular formula is C26H35N3O7S. The van der Waals surface area contributed by atoms with E-state index in [1.807, 2.05) is 0 Å². The summed E-state index contributed by atoms with van der Waals surface area (Å²) in [5.74, 6) is 0.810. The molecule has 2 fully saturated rings. The van der Waals surface area contributed by atoms with E-state index >= 15 is 0 Å². The highest BCUT2D eigenvalue weighted by Crippen LogP contribution is 2.31. The van der Waals surface area contributed by atoms with Crippen LogP contribution in [0.1, 0.15) is 37.3 Å². The van der Waals surface area contributed by atoms with Gasteiger partial charge in [-0.1, -0.05) is 6.07 Å². The first-order valence-corrected chi connectivity index (χ1v) is 14.0. The Labute approximate surface area is 218 Å². The molecule has 0 bridgehead atoms. The highest BCUT2D eigenvalue weighted by molar-refractivity contribution is 7.89. The lowest BCUT2D eigenvalue weighted by atomic mass is 10.0. The Morgan fingerprint density at radius 2 is 1.59 bits per heavy atom. The summed E-state index contributed by atoms with van der Waals surface area (Å²) in [5.41, 5.74) is 1.25. The zero-order valence-electron chi connectivity index (χ0n) is 21.2. The second-order valence-corrected chi connectivity index (χ2v) is 10.9. The van der Waals surface area contributed by atoms with E-state index in [-0.39, 0.29) is 29.6 Å². The standard InChI is InChI=1S/C26H35N3O7S/c1-33-23-12-7-18(15-24(23)34-2)25(26(30)27-16-20-5-3-13-35-20)29-19-8-10-22(11-9-19)37(31,32)28-17-21-6-4-14-36-21/h7-12,15,20-21,25,28-29H,3-6,13-14,16-17H2,1-2H3,(H,27,30). The largest absolute Gasteiger partial charge is 0.493 e. The van der Waals surface area contributed by atoms with Crippen LogP contribution in [0.5, 0.6) is 11.5 Å². The summed E-state index contributed by atoms with van der Waals surface area (Å²) in [6.07, 6.45) is 3.58. The minimum atomic E-state index is -3.68. The first kappa shape index (κ1) is 27.2. The van der Waals surface area contributed by atoms with Gasteiger partial charge in [-0.2, -0.15) is 0 Å². The van der Waals surface area contributed by atoms with Crippen LogP contribution >= 0.6 is 0 Å². The van der Waals surface area contributed by atoms with Crippen molar-refractivity contribution in [1.82, 2.24) is 10.0 Å². The smallest absolute Gasteiger partial charge is 0.247 e. The van der Waals surface area contributed by atoms with Crippen molar-refractivity contribution < 1.29 is 32.2 Å². The minimum absolute atomic E-state index is 0.00151. The Morgan fingerprint density at radius 1 is 0.946 bits per heavy atom. The van der Waals surface area contributed by atoms with Crippen molar-refractivity contribution in [1.29, 1.82) is 0 Å². The maximum Gasteiger partial charge on any atom is 0.247 e. The molecule has 0 saturated carbocycles. The molecular weight excluding hydrogens is 498 g/mol. The zero-order chi connectivity index (χ0) is 26.3. The number of rotatable bonds is 12. The molecule has 202 valence electrons. The molecule has 2 aromatic carbocycles. The molecule has 0 aromatic heterocycles. The topological polar surface area (TPSA) is 124 Å². The van der Waals surface area contributed by atoms with Gasteiger partial charge < -0.3 is 29.6 Å². The van der Waals surface area contributed by atoms with E-state index in [1.54, 1.807) is 37.4 Å². The van der Waals surface area contributed by atoms with Crippen LogP contribution in [0.4, 0.5) is 5.69 Å². The normalized spacial score (nSPS) is 20.4. The van der Waals surface area contributed by atoms with Crippen LogP contribution in [0.15, 0.2) is 47.4 Å². The first-order valence-electron chi connectivity index (χ1n) is 12.5. The molecule has 4 rings (SSSR count). The number of benzene rings is 2. The molecule has 37 heavy (non-hydrogen) atoms. The molecule has 0 radical (unpaired) electrons. The third-order valence-corrected chi connectivity index (χ3v) is 7.97. The summed E-state index contributed by atoms with van der Waals surface area (Å²) in [4.78, 5) is 13.4. The lowest BCUT2D eigenvalue weighted by Gasteiger charge is -2.22. The minimum Gasteiger partial charge on any atom is -0.493 e. The van der Waals surface area contributed by atoms with Crippen LogP contribution in [0.25, 0.3) is 0 Å². The molecule has 0 aliphatic carbocycles. The van der Waals surface area contributed by atoms with Gasteiger partial charge in [0.15, 0.2) is 11.5 Å². The molecule has 2 aliphatic rings. The van der Waals surface area contributed by atoms with Gasteiger partial charge in [-0.15, -0.1) is 0 Å². The van der Waals surface area contributed by atoms with Crippen LogP contribution in [0.3, 0.4) is 0 Å². The molecule has 2 aliphatic heterocycles. The quantitative estimate of drug-likeness (QED) is 0.380. The highest BCUT2D eigenvalue weighted by atomic mass is 32.2. The van der Waals surface area contributed by atoms with Crippen LogP contribution in [0.2, 0.25) is 0 Å². The molecule has 2 aromatic rings. The van der Waals surface area contributed by atoms with E-state index in [4.69, 9.17) is 18.9 Å². The van der Waals surface area contributed by atoms with Gasteiger partial charge in [0.25, 0.3) is 0 Å². The lowest BCUT2D eigenvalue weighted by Crippen LogP contribution is -2.38. The predicted octanol–water partition coefficient (Wildman–Crippen LogP) is 2.61. The predicted molar refractivity (Wildman–Crippen MR) is 138 cm³/mol. The average Bonchev–Trinajstić information content (AvgIpc) is 3.64. The molecule has 3 unspecified atom stereocenters. The zero-order valence-corrected chi connectivity index (χ0v) is 22.0. The van der Waals surface area contributed by atoms with Crippen LogP contribution in [-0.2, 0) is 24.3 Å². The number of anilines is 1. The van der Waals surface area contributed by atoms with E-state index in [2.05, 4.69) is 15.4 Å². The van der Waals surface area contributed by atoms with Crippen molar-refractivity contribution in [3.63, 3.8) is 0 Å². The fourth-order valence-electron chi connectivity index (χ4n) is 4.44. The van der Waals surface area contributed by atoms with E-state index < -0.39 is 16.1 Å². The number of hydrogen-bond acceptors (Lipinski definition) is 8. The van der Waals surface area contributed by atoms with Crippen molar-refractivity contribution in [3.05, 3.63) is 48.0 Å². The monoisotopic (exact) mass is 533 g/mol. The second-order valence-electron chi connectivity index (χ2n) is 9.08. The van der Waals surface area contributed by atoms with Gasteiger partial charge >= 0.3 is 0 Å². The van der Waals surface area contributed by atoms with Gasteiger partial charge in [0, 0.05) is 32.0 Å². The number of ether oxygens (including phenoxy) is 4. The first-order chi connectivity index (χ1) is 17.9. The summed E-state index contributed by atoms with van der Waals surface area (Å²) in [6.45, 7) is 2.03. The van der Waals surface area contributed by atoms with Crippen molar-refractivity contribution >= 4 is 21.6 Å². The van der Waals surface area contributed by atoms with Gasteiger partial charge in [-0.25, -0.2) is 13.1 Å². The number of nitrogens with one attached hydrogen (secondary N) is 3. The second kappa shape index (κ2) is 12.6. The Bertz CT molecular complexity index is 1150. The highest BCUT2D eigenvalue weighted by Gasteiger charge is 2.25. The maximum atomic E-state index is 13.3. The van der Waals surface area contributed by atoms with Gasteiger partial charge in [-0.05, 0) is 67.6 Å². The number of methoxy groups -OCH3 is 2. The van der Waals surface area contributed by atoms with Crippen molar-refractivity contribution in [3.8, 4) is 11.5 Å². The number of amides is 1. The Morgan fingerprint density at radius 3 is 2.19 bits per heavy atom. The molecule has 2 saturated heterocycles. The average molecular weight is 534 g/mol. The number of carbonyl (C=O) groups is 1. The summed E-state index contributed by atoms with van der Waals surface area (Å²) in [7, 11) is -0.594. The van der Waals surface area contributed by atoms with Crippen molar-refractivity contribution in [2.45, 2.75) is 48.8 Å². The molecule has 0 spiro atoms. The van der Waals surface area contributed by atoms with Gasteiger partial charge in [0.1, 0.15) is 6.04 Å². The summed E-state index contributed by atoms with van der Waals surface area (Å²) < 4.78 is 49.9. The Kier molecular flexibility index (Phi) is 9.25. The number of sulfonamides is 1. The van der Waals surface area contributed by atoms with E-state index in [0.717, 1.165) is 25.7 Å². The molecule has 2 heterocycles. The molecule has 10 nitrogen and oxygen atoms in total. The maximum absolute atomic E-state index is 13.3. The number of hydrogen-bond donors (Lipinski definition) is 3. The van der Waals surface area contributed by atoms with Crippen molar-refractivity contribution in [2.24, 2.45) is 0 Å². The van der Waals surface area contributed by atoms with Gasteiger partial charge in [-0.3, -0.25) is 4.79 Å². The number of carbonyl (C=O) groups excluding carboxylic acids is 1. The molecule has 3 atom stereocenters. The Hall–Kier alpha value is -2.86. The molecule has 1 amide bonds. The summed E-state index contributed by atoms with van der Waals surface area (Å²) in [5, 5.41) is 6.20. The van der Waals surface area contributed by atoms with E-state index in [0.29, 0.717) is 42.5 Å². The summed E-state index contributed by atoms with van der Waals surface area (Å²) in [6, 6.07) is 10.8. The van der Waals surface area contributed by atoms with Crippen LogP contribution in [-0.4, -0.2) is 67.1 Å². The summed E-state index contributed by atoms with van der Waals surface area (Å²) >= 11 is 0. The van der Waals surface area contributed by atoms with Crippen LogP contribution < -0.4 is 24.8 Å². The lowest BCUT2D eigenvalue weighted by molar-refractivity contribution is -0.122. The Balaban J connectivity index is 1.49. The van der Waals surface area contributed by atoms with Gasteiger partial charge in [0.2, 0.25) is 15.9 Å². The third-order valence-electron chi connectivity index (χ3n) is 6.53. The third kappa shape index (κ3) is 7.13. The van der Waals surface area contributed by atoms with Crippen LogP contribution in [0, 0.1) is 0 Å². The molecule has 3 N–H and O–H groups in total. The SMILES string of the molecule is COc1ccc(C(Nc2ccc(S(=O)(=O)NCC3CCCO3)cc2)C(=O)NCC2CCCO2)cc1OC.